The number of carbonyl (C=O) groups is 3. The average Bonchev–Trinajstić information content (AvgIpc) is 3.04. The Morgan fingerprint density at radius 3 is 2.55 bits per heavy atom. The van der Waals surface area contributed by atoms with Gasteiger partial charge in [0.2, 0.25) is 0 Å². The van der Waals surface area contributed by atoms with Gasteiger partial charge in [0, 0.05) is 23.6 Å². The second kappa shape index (κ2) is 8.98. The summed E-state index contributed by atoms with van der Waals surface area (Å²) in [6, 6.07) is 5.18. The summed E-state index contributed by atoms with van der Waals surface area (Å²) in [7, 11) is 2.95. The molecular formula is C22H26BrClN4O5. The highest BCUT2D eigenvalue weighted by atomic mass is 79.9. The monoisotopic (exact) mass is 540 g/mol. The first kappa shape index (κ1) is 25.0. The summed E-state index contributed by atoms with van der Waals surface area (Å²) in [5.41, 5.74) is -0.526. The number of halogens is 2. The molecule has 11 heteroatoms. The smallest absolute Gasteiger partial charge is 0.411 e. The third kappa shape index (κ3) is 4.86. The molecule has 1 aromatic heterocycles. The van der Waals surface area contributed by atoms with Crippen molar-refractivity contribution in [2.24, 2.45) is 7.05 Å². The Morgan fingerprint density at radius 2 is 1.94 bits per heavy atom. The van der Waals surface area contributed by atoms with E-state index in [2.05, 4.69) is 26.2 Å². The minimum Gasteiger partial charge on any atom is -0.467 e. The molecule has 2 amide bonds. The number of nitrogens with zero attached hydrogens (tertiary/aromatic N) is 3. The minimum absolute atomic E-state index is 0.0192. The number of amides is 2. The van der Waals surface area contributed by atoms with Gasteiger partial charge in [-0.15, -0.1) is 0 Å². The normalized spacial score (nSPS) is 17.9. The van der Waals surface area contributed by atoms with Gasteiger partial charge in [-0.1, -0.05) is 17.7 Å². The van der Waals surface area contributed by atoms with Crippen LogP contribution in [0.2, 0.25) is 5.02 Å². The Hall–Kier alpha value is -2.59. The van der Waals surface area contributed by atoms with Crippen LogP contribution >= 0.6 is 27.5 Å². The molecule has 2 aromatic rings. The second-order valence-corrected chi connectivity index (χ2v) is 10.2. The molecule has 178 valence electrons. The maximum absolute atomic E-state index is 13.0. The molecule has 0 spiro atoms. The fourth-order valence-electron chi connectivity index (χ4n) is 3.65. The quantitative estimate of drug-likeness (QED) is 0.581. The summed E-state index contributed by atoms with van der Waals surface area (Å²) < 4.78 is 12.8. The van der Waals surface area contributed by atoms with Crippen LogP contribution in [0.1, 0.15) is 49.7 Å². The van der Waals surface area contributed by atoms with Crippen LogP contribution < -0.4 is 5.32 Å². The Morgan fingerprint density at radius 1 is 1.27 bits per heavy atom. The maximum Gasteiger partial charge on any atom is 0.411 e. The molecule has 0 saturated carbocycles. The van der Waals surface area contributed by atoms with Gasteiger partial charge in [0.25, 0.3) is 5.91 Å². The number of nitrogens with one attached hydrogen (secondary N) is 1. The Balaban J connectivity index is 1.98. The van der Waals surface area contributed by atoms with E-state index in [0.29, 0.717) is 26.6 Å². The molecule has 0 radical (unpaired) electrons. The highest BCUT2D eigenvalue weighted by Gasteiger charge is 2.50. The topological polar surface area (TPSA) is 103 Å². The van der Waals surface area contributed by atoms with Crippen molar-refractivity contribution >= 4 is 51.2 Å². The van der Waals surface area contributed by atoms with Crippen molar-refractivity contribution < 1.29 is 23.9 Å². The molecule has 1 aromatic carbocycles. The van der Waals surface area contributed by atoms with E-state index < -0.39 is 29.1 Å². The molecular weight excluding hydrogens is 516 g/mol. The van der Waals surface area contributed by atoms with Gasteiger partial charge >= 0.3 is 12.1 Å². The SMILES string of the molecule is COC(=O)C1(C)Cc2c(nc(C(=O)Nc3cccc(Br)c3Cl)n2C)CN1C(=O)OC(C)(C)C. The van der Waals surface area contributed by atoms with Crippen LogP contribution in [0.4, 0.5) is 10.5 Å². The lowest BCUT2D eigenvalue weighted by molar-refractivity contribution is -0.155. The lowest BCUT2D eigenvalue weighted by atomic mass is 9.89. The van der Waals surface area contributed by atoms with E-state index in [1.54, 1.807) is 57.5 Å². The van der Waals surface area contributed by atoms with Gasteiger partial charge in [0.05, 0.1) is 30.1 Å². The van der Waals surface area contributed by atoms with Gasteiger partial charge in [-0.2, -0.15) is 0 Å². The van der Waals surface area contributed by atoms with Gasteiger partial charge in [0.15, 0.2) is 5.82 Å². The number of benzene rings is 1. The van der Waals surface area contributed by atoms with E-state index >= 15 is 0 Å². The zero-order valence-corrected chi connectivity index (χ0v) is 21.6. The van der Waals surface area contributed by atoms with Crippen molar-refractivity contribution in [3.05, 3.63) is 44.9 Å². The first-order valence-electron chi connectivity index (χ1n) is 10.2. The highest BCUT2D eigenvalue weighted by Crippen LogP contribution is 2.34. The van der Waals surface area contributed by atoms with Crippen molar-refractivity contribution in [1.29, 1.82) is 0 Å². The second-order valence-electron chi connectivity index (χ2n) is 8.95. The number of imidazole rings is 1. The third-order valence-corrected chi connectivity index (χ3v) is 6.65. The number of fused-ring (bicyclic) bond motifs is 1. The Labute approximate surface area is 205 Å². The predicted octanol–water partition coefficient (Wildman–Crippen LogP) is 4.31. The number of methoxy groups -OCH3 is 1. The van der Waals surface area contributed by atoms with Gasteiger partial charge < -0.3 is 19.4 Å². The van der Waals surface area contributed by atoms with E-state index in [1.807, 2.05) is 0 Å². The number of rotatable bonds is 3. The van der Waals surface area contributed by atoms with E-state index in [-0.39, 0.29) is 18.8 Å². The highest BCUT2D eigenvalue weighted by molar-refractivity contribution is 9.10. The fraction of sp³-hybridized carbons (Fsp3) is 0.455. The summed E-state index contributed by atoms with van der Waals surface area (Å²) in [5, 5.41) is 3.12. The number of ether oxygens (including phenoxy) is 2. The lowest BCUT2D eigenvalue weighted by Gasteiger charge is -2.42. The Bertz CT molecular complexity index is 1130. The summed E-state index contributed by atoms with van der Waals surface area (Å²) in [6.07, 6.45) is -0.568. The van der Waals surface area contributed by atoms with Crippen molar-refractivity contribution in [1.82, 2.24) is 14.5 Å². The zero-order chi connectivity index (χ0) is 24.7. The molecule has 0 aliphatic carbocycles. The molecule has 1 N–H and O–H groups in total. The average molecular weight is 542 g/mol. The molecule has 1 atom stereocenters. The molecule has 0 fully saturated rings. The van der Waals surface area contributed by atoms with Crippen molar-refractivity contribution in [2.75, 3.05) is 12.4 Å². The van der Waals surface area contributed by atoms with Crippen molar-refractivity contribution in [3.63, 3.8) is 0 Å². The predicted molar refractivity (Wildman–Crippen MR) is 126 cm³/mol. The van der Waals surface area contributed by atoms with Crippen LogP contribution in [-0.2, 0) is 34.3 Å². The van der Waals surface area contributed by atoms with Gasteiger partial charge in [-0.3, -0.25) is 9.69 Å². The van der Waals surface area contributed by atoms with Crippen LogP contribution in [0.3, 0.4) is 0 Å². The molecule has 9 nitrogen and oxygen atoms in total. The summed E-state index contributed by atoms with van der Waals surface area (Å²) >= 11 is 9.59. The van der Waals surface area contributed by atoms with Crippen molar-refractivity contribution in [3.8, 4) is 0 Å². The van der Waals surface area contributed by atoms with Crippen LogP contribution in [0.25, 0.3) is 0 Å². The van der Waals surface area contributed by atoms with Crippen LogP contribution in [0, 0.1) is 0 Å². The lowest BCUT2D eigenvalue weighted by Crippen LogP contribution is -2.59. The van der Waals surface area contributed by atoms with Crippen LogP contribution in [0.15, 0.2) is 22.7 Å². The van der Waals surface area contributed by atoms with E-state index in [1.165, 1.54) is 12.0 Å². The largest absolute Gasteiger partial charge is 0.467 e. The number of hydrogen-bond donors (Lipinski definition) is 1. The van der Waals surface area contributed by atoms with E-state index in [9.17, 15) is 14.4 Å². The zero-order valence-electron chi connectivity index (χ0n) is 19.3. The fourth-order valence-corrected chi connectivity index (χ4v) is 4.19. The summed E-state index contributed by atoms with van der Waals surface area (Å²) in [6.45, 7) is 6.82. The number of anilines is 1. The van der Waals surface area contributed by atoms with Crippen molar-refractivity contribution in [2.45, 2.75) is 51.8 Å². The van der Waals surface area contributed by atoms with Crippen LogP contribution in [-0.4, -0.2) is 50.7 Å². The maximum atomic E-state index is 13.0. The van der Waals surface area contributed by atoms with E-state index in [0.717, 1.165) is 0 Å². The third-order valence-electron chi connectivity index (χ3n) is 5.35. The van der Waals surface area contributed by atoms with E-state index in [4.69, 9.17) is 21.1 Å². The molecule has 0 saturated heterocycles. The molecule has 2 heterocycles. The Kier molecular flexibility index (Phi) is 6.82. The van der Waals surface area contributed by atoms with Crippen LogP contribution in [0.5, 0.6) is 0 Å². The number of esters is 1. The van der Waals surface area contributed by atoms with Gasteiger partial charge in [0.1, 0.15) is 11.1 Å². The number of hydrogen-bond acceptors (Lipinski definition) is 6. The molecule has 1 aliphatic heterocycles. The minimum atomic E-state index is -1.33. The first-order chi connectivity index (χ1) is 15.3. The number of carbonyl (C=O) groups excluding carboxylic acids is 3. The number of aromatic nitrogens is 2. The molecule has 1 aliphatic rings. The first-order valence-corrected chi connectivity index (χ1v) is 11.3. The molecule has 0 bridgehead atoms. The standard InChI is InChI=1S/C22H26BrClN4O5/c1-21(2,3)33-20(31)28-11-14-15(10-22(28,4)19(30)32-6)27(5)17(25-14)18(29)26-13-9-7-8-12(23)16(13)24/h7-9H,10-11H2,1-6H3,(H,26,29). The molecule has 1 unspecified atom stereocenters. The summed E-state index contributed by atoms with van der Waals surface area (Å²) in [5.74, 6) is -0.947. The molecule has 3 rings (SSSR count). The molecule has 33 heavy (non-hydrogen) atoms. The summed E-state index contributed by atoms with van der Waals surface area (Å²) in [4.78, 5) is 44.5. The van der Waals surface area contributed by atoms with Gasteiger partial charge in [-0.25, -0.2) is 14.6 Å². The van der Waals surface area contributed by atoms with Gasteiger partial charge in [-0.05, 0) is 55.8 Å².